The van der Waals surface area contributed by atoms with Gasteiger partial charge in [0.25, 0.3) is 0 Å². The van der Waals surface area contributed by atoms with Gasteiger partial charge in [0.1, 0.15) is 0 Å². The van der Waals surface area contributed by atoms with Gasteiger partial charge in [-0.05, 0) is 52.5 Å². The van der Waals surface area contributed by atoms with Crippen molar-refractivity contribution in [3.05, 3.63) is 0 Å². The Morgan fingerprint density at radius 1 is 1.17 bits per heavy atom. The van der Waals surface area contributed by atoms with Crippen molar-refractivity contribution in [2.24, 2.45) is 17.6 Å². The fraction of sp³-hybridized carbons (Fsp3) is 0.882. The second-order valence-electron chi connectivity index (χ2n) is 6.89. The van der Waals surface area contributed by atoms with Crippen LogP contribution in [0.5, 0.6) is 0 Å². The number of hydrogen-bond donors (Lipinski definition) is 1. The van der Waals surface area contributed by atoms with Crippen molar-refractivity contribution in [3.63, 3.8) is 0 Å². The highest BCUT2D eigenvalue weighted by Gasteiger charge is 2.37. The first-order valence-electron chi connectivity index (χ1n) is 9.06. The number of piperidine rings is 1. The van der Waals surface area contributed by atoms with E-state index in [4.69, 9.17) is 5.73 Å². The summed E-state index contributed by atoms with van der Waals surface area (Å²) in [7, 11) is 0. The summed E-state index contributed by atoms with van der Waals surface area (Å²) in [5.74, 6) is 0.774. The lowest BCUT2D eigenvalue weighted by molar-refractivity contribution is -0.137. The van der Waals surface area contributed by atoms with E-state index in [1.165, 1.54) is 0 Å². The summed E-state index contributed by atoms with van der Waals surface area (Å²) in [4.78, 5) is 30.9. The van der Waals surface area contributed by atoms with Crippen LogP contribution in [0, 0.1) is 11.8 Å². The molecule has 2 heterocycles. The lowest BCUT2D eigenvalue weighted by atomic mass is 9.95. The van der Waals surface area contributed by atoms with E-state index >= 15 is 0 Å². The molecule has 0 bridgehead atoms. The molecule has 2 atom stereocenters. The third kappa shape index (κ3) is 3.97. The monoisotopic (exact) mass is 324 g/mol. The van der Waals surface area contributed by atoms with Crippen molar-refractivity contribution in [3.8, 4) is 0 Å². The maximum Gasteiger partial charge on any atom is 0.319 e. The molecule has 0 spiro atoms. The standard InChI is InChI=1S/C17H32N4O2/c1-4-19(5-2)17(23)20-8-6-15(7-9-20)16(22)21-12-14(11-18)10-13(21)3/h13-15H,4-12,18H2,1-3H3. The second-order valence-corrected chi connectivity index (χ2v) is 6.89. The summed E-state index contributed by atoms with van der Waals surface area (Å²) in [6.45, 7) is 10.4. The van der Waals surface area contributed by atoms with E-state index in [2.05, 4.69) is 6.92 Å². The first kappa shape index (κ1) is 18.0. The van der Waals surface area contributed by atoms with E-state index in [1.807, 2.05) is 28.5 Å². The van der Waals surface area contributed by atoms with Gasteiger partial charge in [-0.1, -0.05) is 0 Å². The highest BCUT2D eigenvalue weighted by Crippen LogP contribution is 2.27. The molecule has 0 radical (unpaired) electrons. The van der Waals surface area contributed by atoms with Crippen molar-refractivity contribution in [1.82, 2.24) is 14.7 Å². The van der Waals surface area contributed by atoms with Gasteiger partial charge in [0.05, 0.1) is 0 Å². The Morgan fingerprint density at radius 2 is 1.78 bits per heavy atom. The van der Waals surface area contributed by atoms with Crippen molar-refractivity contribution in [2.75, 3.05) is 39.3 Å². The number of carbonyl (C=O) groups is 2. The molecule has 2 N–H and O–H groups in total. The van der Waals surface area contributed by atoms with Gasteiger partial charge in [0.15, 0.2) is 0 Å². The molecule has 2 fully saturated rings. The van der Waals surface area contributed by atoms with Crippen LogP contribution < -0.4 is 5.73 Å². The van der Waals surface area contributed by atoms with Crippen LogP contribution in [-0.4, -0.2) is 71.9 Å². The summed E-state index contributed by atoms with van der Waals surface area (Å²) in [5.41, 5.74) is 5.76. The molecule has 2 saturated heterocycles. The molecule has 0 aromatic heterocycles. The molecule has 6 heteroatoms. The van der Waals surface area contributed by atoms with Gasteiger partial charge in [-0.2, -0.15) is 0 Å². The van der Waals surface area contributed by atoms with E-state index < -0.39 is 0 Å². The lowest BCUT2D eigenvalue weighted by Crippen LogP contribution is -2.49. The molecular formula is C17H32N4O2. The minimum absolute atomic E-state index is 0.0646. The van der Waals surface area contributed by atoms with E-state index in [0.29, 0.717) is 31.6 Å². The molecule has 132 valence electrons. The third-order valence-electron chi connectivity index (χ3n) is 5.43. The summed E-state index contributed by atoms with van der Waals surface area (Å²) < 4.78 is 0. The minimum Gasteiger partial charge on any atom is -0.339 e. The van der Waals surface area contributed by atoms with Crippen LogP contribution in [-0.2, 0) is 4.79 Å². The maximum absolute atomic E-state index is 12.8. The molecule has 2 unspecified atom stereocenters. The van der Waals surface area contributed by atoms with Crippen LogP contribution in [0.15, 0.2) is 0 Å². The quantitative estimate of drug-likeness (QED) is 0.849. The van der Waals surface area contributed by atoms with Gasteiger partial charge in [-0.25, -0.2) is 4.79 Å². The molecule has 3 amide bonds. The normalized spacial score (nSPS) is 25.7. The lowest BCUT2D eigenvalue weighted by Gasteiger charge is -2.36. The zero-order chi connectivity index (χ0) is 17.0. The molecule has 0 aliphatic carbocycles. The number of nitrogens with zero attached hydrogens (tertiary/aromatic N) is 3. The Hall–Kier alpha value is -1.30. The number of urea groups is 1. The predicted molar refractivity (Wildman–Crippen MR) is 91.0 cm³/mol. The van der Waals surface area contributed by atoms with Crippen LogP contribution in [0.4, 0.5) is 4.79 Å². The molecule has 2 rings (SSSR count). The largest absolute Gasteiger partial charge is 0.339 e. The molecule has 2 aliphatic rings. The molecule has 6 nitrogen and oxygen atoms in total. The predicted octanol–water partition coefficient (Wildman–Crippen LogP) is 1.36. The molecule has 23 heavy (non-hydrogen) atoms. The Kier molecular flexibility index (Phi) is 6.27. The van der Waals surface area contributed by atoms with E-state index in [1.54, 1.807) is 0 Å². The van der Waals surface area contributed by atoms with Crippen molar-refractivity contribution >= 4 is 11.9 Å². The average Bonchev–Trinajstić information content (AvgIpc) is 2.96. The van der Waals surface area contributed by atoms with E-state index in [0.717, 1.165) is 38.9 Å². The Balaban J connectivity index is 1.87. The van der Waals surface area contributed by atoms with Crippen molar-refractivity contribution in [1.29, 1.82) is 0 Å². The number of nitrogens with two attached hydrogens (primary N) is 1. The SMILES string of the molecule is CCN(CC)C(=O)N1CCC(C(=O)N2CC(CN)CC2C)CC1. The summed E-state index contributed by atoms with van der Waals surface area (Å²) in [6.07, 6.45) is 2.58. The van der Waals surface area contributed by atoms with Crippen LogP contribution in [0.25, 0.3) is 0 Å². The zero-order valence-electron chi connectivity index (χ0n) is 14.8. The molecule has 0 saturated carbocycles. The van der Waals surface area contributed by atoms with Gasteiger partial charge >= 0.3 is 6.03 Å². The second kappa shape index (κ2) is 7.99. The molecule has 2 aliphatic heterocycles. The van der Waals surface area contributed by atoms with Crippen LogP contribution in [0.2, 0.25) is 0 Å². The van der Waals surface area contributed by atoms with Gasteiger partial charge < -0.3 is 20.4 Å². The van der Waals surface area contributed by atoms with E-state index in [9.17, 15) is 9.59 Å². The molecular weight excluding hydrogens is 292 g/mol. The first-order valence-corrected chi connectivity index (χ1v) is 9.06. The number of likely N-dealkylation sites (tertiary alicyclic amines) is 2. The smallest absolute Gasteiger partial charge is 0.319 e. The first-order chi connectivity index (χ1) is 11.0. The fourth-order valence-corrected chi connectivity index (χ4v) is 3.87. The van der Waals surface area contributed by atoms with Gasteiger partial charge in [-0.15, -0.1) is 0 Å². The zero-order valence-corrected chi connectivity index (χ0v) is 14.8. The fourth-order valence-electron chi connectivity index (χ4n) is 3.87. The minimum atomic E-state index is 0.0646. The highest BCUT2D eigenvalue weighted by molar-refractivity contribution is 5.80. The van der Waals surface area contributed by atoms with Crippen LogP contribution in [0.1, 0.15) is 40.0 Å². The number of carbonyl (C=O) groups excluding carboxylic acids is 2. The molecule has 0 aromatic carbocycles. The number of amides is 3. The Morgan fingerprint density at radius 3 is 2.26 bits per heavy atom. The van der Waals surface area contributed by atoms with Gasteiger partial charge in [-0.3, -0.25) is 4.79 Å². The van der Waals surface area contributed by atoms with Crippen LogP contribution >= 0.6 is 0 Å². The summed E-state index contributed by atoms with van der Waals surface area (Å²) in [6, 6.07) is 0.407. The van der Waals surface area contributed by atoms with Crippen molar-refractivity contribution < 1.29 is 9.59 Å². The maximum atomic E-state index is 12.8. The summed E-state index contributed by atoms with van der Waals surface area (Å²) in [5, 5.41) is 0. The highest BCUT2D eigenvalue weighted by atomic mass is 16.2. The van der Waals surface area contributed by atoms with E-state index in [-0.39, 0.29) is 17.9 Å². The van der Waals surface area contributed by atoms with Crippen molar-refractivity contribution in [2.45, 2.75) is 46.1 Å². The Labute approximate surface area is 140 Å². The number of hydrogen-bond acceptors (Lipinski definition) is 3. The van der Waals surface area contributed by atoms with Crippen LogP contribution in [0.3, 0.4) is 0 Å². The Bertz CT molecular complexity index is 417. The van der Waals surface area contributed by atoms with Gasteiger partial charge in [0, 0.05) is 44.7 Å². The molecule has 0 aromatic rings. The van der Waals surface area contributed by atoms with Gasteiger partial charge in [0.2, 0.25) is 5.91 Å². The number of rotatable bonds is 4. The average molecular weight is 324 g/mol. The topological polar surface area (TPSA) is 69.9 Å². The summed E-state index contributed by atoms with van der Waals surface area (Å²) >= 11 is 0. The third-order valence-corrected chi connectivity index (χ3v) is 5.43.